The lowest BCUT2D eigenvalue weighted by Gasteiger charge is -2.09. The van der Waals surface area contributed by atoms with Crippen molar-refractivity contribution in [2.75, 3.05) is 30.8 Å². The number of fused-ring (bicyclic) bond motifs is 1. The predicted molar refractivity (Wildman–Crippen MR) is 92.4 cm³/mol. The minimum absolute atomic E-state index is 0.825. The van der Waals surface area contributed by atoms with Crippen LogP contribution in [0.15, 0.2) is 20.7 Å². The molecule has 2 aromatic heterocycles. The first-order valence-corrected chi connectivity index (χ1v) is 12.7. The van der Waals surface area contributed by atoms with Crippen LogP contribution in [0.1, 0.15) is 6.92 Å². The first-order valence-electron chi connectivity index (χ1n) is 5.78. The Hall–Kier alpha value is -0.130. The van der Waals surface area contributed by atoms with Crippen LogP contribution in [0, 0.1) is 4.61 Å². The molecule has 2 rings (SSSR count). The fraction of sp³-hybridized carbons (Fsp3) is 0.500. The van der Waals surface area contributed by atoms with Crippen LogP contribution >= 0.6 is 32.3 Å². The first kappa shape index (κ1) is 14.3. The zero-order chi connectivity index (χ0) is 13.6. The molecule has 2 nitrogen and oxygen atoms in total. The monoisotopic (exact) mass is 320 g/mol. The summed E-state index contributed by atoms with van der Waals surface area (Å²) in [6.07, 6.45) is 8.63. The van der Waals surface area contributed by atoms with Gasteiger partial charge in [-0.15, -0.1) is 22.7 Å². The van der Waals surface area contributed by atoms with E-state index in [1.807, 2.05) is 13.2 Å². The van der Waals surface area contributed by atoms with Crippen molar-refractivity contribution in [2.45, 2.75) is 11.1 Å². The van der Waals surface area contributed by atoms with Crippen molar-refractivity contribution in [1.29, 1.82) is 4.61 Å². The van der Waals surface area contributed by atoms with Gasteiger partial charge in [-0.3, -0.25) is 0 Å². The Balaban J connectivity index is 2.48. The third-order valence-corrected chi connectivity index (χ3v) is 8.93. The van der Waals surface area contributed by atoms with Crippen molar-refractivity contribution < 1.29 is 0 Å². The average Bonchev–Trinajstić information content (AvgIpc) is 2.72. The van der Waals surface area contributed by atoms with Crippen molar-refractivity contribution in [2.24, 2.45) is 4.36 Å². The SMILES string of the molecule is CCS(C)(#N)c1cc2sc(N=[SH](C)(C)C)cc2s1. The average molecular weight is 321 g/mol. The highest BCUT2D eigenvalue weighted by Crippen LogP contribution is 2.48. The van der Waals surface area contributed by atoms with Crippen LogP contribution in [0.4, 0.5) is 5.00 Å². The van der Waals surface area contributed by atoms with Gasteiger partial charge in [-0.1, -0.05) is 6.92 Å². The topological polar surface area (TPSA) is 36.1 Å². The summed E-state index contributed by atoms with van der Waals surface area (Å²) in [5, 5.41) is 1.13. The van der Waals surface area contributed by atoms with Crippen LogP contribution in [-0.2, 0) is 9.82 Å². The standard InChI is InChI=1S/C12H20N2S4/c1-6-18(5,13)12-8-10-9(16-12)7-11(15-10)14-17(2,3)4/h7-8,17H,6H2,1-5H3. The maximum absolute atomic E-state index is 10.4. The molecule has 6 heteroatoms. The van der Waals surface area contributed by atoms with Crippen LogP contribution in [0.3, 0.4) is 0 Å². The summed E-state index contributed by atoms with van der Waals surface area (Å²) in [6, 6.07) is 4.33. The maximum atomic E-state index is 10.4. The summed E-state index contributed by atoms with van der Waals surface area (Å²) in [5.74, 6) is 0.825. The molecule has 0 aliphatic rings. The highest BCUT2D eigenvalue weighted by molar-refractivity contribution is 8.22. The normalized spacial score (nSPS) is 16.7. The minimum Gasteiger partial charge on any atom is -0.238 e. The Labute approximate surface area is 119 Å². The van der Waals surface area contributed by atoms with Gasteiger partial charge in [0.15, 0.2) is 0 Å². The molecule has 1 unspecified atom stereocenters. The summed E-state index contributed by atoms with van der Waals surface area (Å²) in [7, 11) is -2.70. The summed E-state index contributed by atoms with van der Waals surface area (Å²) in [4.78, 5) is 0. The summed E-state index contributed by atoms with van der Waals surface area (Å²) in [5.41, 5.74) is 0. The molecule has 0 saturated carbocycles. The summed E-state index contributed by atoms with van der Waals surface area (Å²) >= 11 is 3.47. The van der Waals surface area contributed by atoms with Gasteiger partial charge >= 0.3 is 0 Å². The molecule has 0 radical (unpaired) electrons. The molecular weight excluding hydrogens is 300 g/mol. The van der Waals surface area contributed by atoms with Gasteiger partial charge in [0.2, 0.25) is 0 Å². The minimum atomic E-state index is -1.58. The molecule has 0 spiro atoms. The van der Waals surface area contributed by atoms with Gasteiger partial charge in [0.1, 0.15) is 5.00 Å². The molecule has 18 heavy (non-hydrogen) atoms. The quantitative estimate of drug-likeness (QED) is 0.749. The van der Waals surface area contributed by atoms with E-state index in [9.17, 15) is 4.61 Å². The van der Waals surface area contributed by atoms with Crippen LogP contribution in [0.25, 0.3) is 9.40 Å². The second-order valence-corrected chi connectivity index (χ2v) is 14.8. The number of nitrogens with zero attached hydrogens (tertiary/aromatic N) is 2. The Morgan fingerprint density at radius 1 is 1.22 bits per heavy atom. The molecule has 102 valence electrons. The number of hydrogen-bond acceptors (Lipinski definition) is 4. The van der Waals surface area contributed by atoms with Crippen molar-refractivity contribution in [3.8, 4) is 0 Å². The highest BCUT2D eigenvalue weighted by Gasteiger charge is 2.14. The van der Waals surface area contributed by atoms with E-state index in [4.69, 9.17) is 4.36 Å². The third-order valence-electron chi connectivity index (χ3n) is 2.57. The molecule has 0 amide bonds. The Morgan fingerprint density at radius 2 is 1.83 bits per heavy atom. The largest absolute Gasteiger partial charge is 0.238 e. The fourth-order valence-electron chi connectivity index (χ4n) is 1.50. The second-order valence-electron chi connectivity index (χ2n) is 5.25. The second kappa shape index (κ2) is 4.76. The van der Waals surface area contributed by atoms with Crippen molar-refractivity contribution in [1.82, 2.24) is 0 Å². The molecule has 0 aliphatic carbocycles. The molecule has 0 N–H and O–H groups in total. The molecule has 0 saturated heterocycles. The van der Waals surface area contributed by atoms with Crippen LogP contribution in [0.5, 0.6) is 0 Å². The van der Waals surface area contributed by atoms with Gasteiger partial charge in [-0.2, -0.15) is 9.82 Å². The van der Waals surface area contributed by atoms with E-state index in [0.717, 1.165) is 15.0 Å². The lowest BCUT2D eigenvalue weighted by Crippen LogP contribution is -1.99. The molecule has 2 heterocycles. The van der Waals surface area contributed by atoms with E-state index >= 15 is 0 Å². The van der Waals surface area contributed by atoms with E-state index in [0.29, 0.717) is 0 Å². The van der Waals surface area contributed by atoms with Crippen LogP contribution in [-0.4, -0.2) is 30.8 Å². The first-order chi connectivity index (χ1) is 8.21. The Morgan fingerprint density at radius 3 is 2.33 bits per heavy atom. The molecule has 0 bridgehead atoms. The predicted octanol–water partition coefficient (Wildman–Crippen LogP) is 4.85. The molecule has 0 fully saturated rings. The zero-order valence-electron chi connectivity index (χ0n) is 11.4. The maximum Gasteiger partial charge on any atom is 0.123 e. The van der Waals surface area contributed by atoms with Crippen molar-refractivity contribution in [3.63, 3.8) is 0 Å². The van der Waals surface area contributed by atoms with Gasteiger partial charge in [0.25, 0.3) is 0 Å². The van der Waals surface area contributed by atoms with Gasteiger partial charge in [-0.25, -0.2) is 8.97 Å². The summed E-state index contributed by atoms with van der Waals surface area (Å²) in [6.45, 7) is 2.05. The van der Waals surface area contributed by atoms with Crippen molar-refractivity contribution >= 4 is 56.6 Å². The fourth-order valence-corrected chi connectivity index (χ4v) is 6.99. The van der Waals surface area contributed by atoms with E-state index < -0.39 is 19.5 Å². The number of thiophene rings is 2. The van der Waals surface area contributed by atoms with Gasteiger partial charge in [0, 0.05) is 21.4 Å². The van der Waals surface area contributed by atoms with E-state index in [2.05, 4.69) is 30.9 Å². The van der Waals surface area contributed by atoms with E-state index in [1.165, 1.54) is 9.40 Å². The smallest absolute Gasteiger partial charge is 0.123 e. The number of thiol groups is 1. The van der Waals surface area contributed by atoms with Gasteiger partial charge in [-0.05, 0) is 40.6 Å². The lowest BCUT2D eigenvalue weighted by atomic mass is 10.5. The lowest BCUT2D eigenvalue weighted by molar-refractivity contribution is 1.45. The highest BCUT2D eigenvalue weighted by atomic mass is 32.2. The van der Waals surface area contributed by atoms with Gasteiger partial charge < -0.3 is 0 Å². The third kappa shape index (κ3) is 3.06. The van der Waals surface area contributed by atoms with Gasteiger partial charge in [0.05, 0.1) is 4.21 Å². The molecule has 1 atom stereocenters. The number of rotatable bonds is 1. The molecule has 2 aromatic rings. The van der Waals surface area contributed by atoms with Crippen LogP contribution < -0.4 is 0 Å². The molecule has 0 aromatic carbocycles. The Kier molecular flexibility index (Phi) is 3.78. The molecule has 0 aliphatic heterocycles. The van der Waals surface area contributed by atoms with Crippen LogP contribution in [0.2, 0.25) is 0 Å². The zero-order valence-corrected chi connectivity index (χ0v) is 14.8. The van der Waals surface area contributed by atoms with Crippen molar-refractivity contribution in [3.05, 3.63) is 12.1 Å². The summed E-state index contributed by atoms with van der Waals surface area (Å²) < 4.78 is 18.8. The van der Waals surface area contributed by atoms with E-state index in [1.54, 1.807) is 22.7 Å². The van der Waals surface area contributed by atoms with E-state index in [-0.39, 0.29) is 0 Å². The Bertz CT molecular complexity index is 693. The number of hydrogen-bond donors (Lipinski definition) is 1. The molecular formula is C12H20N2S4.